The van der Waals surface area contributed by atoms with Gasteiger partial charge in [0.2, 0.25) is 0 Å². The molecule has 0 aliphatic carbocycles. The molecule has 0 radical (unpaired) electrons. The molecule has 0 atom stereocenters. The van der Waals surface area contributed by atoms with E-state index >= 15 is 0 Å². The second kappa shape index (κ2) is 5.28. The zero-order valence-electron chi connectivity index (χ0n) is 12.1. The van der Waals surface area contributed by atoms with Crippen molar-refractivity contribution in [2.24, 2.45) is 0 Å². The Morgan fingerprint density at radius 2 is 1.62 bits per heavy atom. The van der Waals surface area contributed by atoms with Gasteiger partial charge in [-0.15, -0.1) is 5.10 Å². The summed E-state index contributed by atoms with van der Waals surface area (Å²) in [4.78, 5) is 2.05. The number of rotatable bonds is 3. The molecule has 5 heteroatoms. The first kappa shape index (κ1) is 13.2. The number of para-hydroxylation sites is 1. The van der Waals surface area contributed by atoms with Crippen LogP contribution in [-0.2, 0) is 0 Å². The molecule has 2 N–H and O–H groups in total. The largest absolute Gasteiger partial charge is 0.382 e. The fraction of sp³-hybridized carbons (Fsp3) is 0.125. The molecule has 0 unspecified atom stereocenters. The summed E-state index contributed by atoms with van der Waals surface area (Å²) in [6, 6.07) is 17.8. The Kier molecular flexibility index (Phi) is 3.31. The Balaban J connectivity index is 1.99. The fourth-order valence-corrected chi connectivity index (χ4v) is 2.17. The van der Waals surface area contributed by atoms with Crippen molar-refractivity contribution in [2.45, 2.75) is 0 Å². The molecule has 0 aliphatic heterocycles. The first-order valence-corrected chi connectivity index (χ1v) is 6.71. The van der Waals surface area contributed by atoms with Crippen LogP contribution >= 0.6 is 0 Å². The van der Waals surface area contributed by atoms with Gasteiger partial charge >= 0.3 is 0 Å². The minimum absolute atomic E-state index is 0.541. The number of benzene rings is 2. The van der Waals surface area contributed by atoms with Crippen LogP contribution in [0.5, 0.6) is 0 Å². The summed E-state index contributed by atoms with van der Waals surface area (Å²) < 4.78 is 1.65. The molecule has 0 aliphatic rings. The number of aromatic nitrogens is 3. The van der Waals surface area contributed by atoms with Gasteiger partial charge < -0.3 is 10.6 Å². The highest BCUT2D eigenvalue weighted by atomic mass is 15.5. The van der Waals surface area contributed by atoms with Crippen LogP contribution in [0.25, 0.3) is 16.9 Å². The molecule has 0 saturated carbocycles. The predicted molar refractivity (Wildman–Crippen MR) is 85.5 cm³/mol. The van der Waals surface area contributed by atoms with E-state index in [9.17, 15) is 0 Å². The van der Waals surface area contributed by atoms with Gasteiger partial charge in [0.05, 0.1) is 5.69 Å². The van der Waals surface area contributed by atoms with Crippen LogP contribution in [0.15, 0.2) is 54.6 Å². The molecular weight excluding hydrogens is 262 g/mol. The Morgan fingerprint density at radius 3 is 2.24 bits per heavy atom. The van der Waals surface area contributed by atoms with E-state index in [1.54, 1.807) is 4.68 Å². The molecular formula is C16H17N5. The number of hydrogen-bond donors (Lipinski definition) is 1. The van der Waals surface area contributed by atoms with E-state index < -0.39 is 0 Å². The van der Waals surface area contributed by atoms with Crippen molar-refractivity contribution in [1.82, 2.24) is 15.0 Å². The summed E-state index contributed by atoms with van der Waals surface area (Å²) in [7, 11) is 4.02. The minimum atomic E-state index is 0.541. The molecule has 106 valence electrons. The lowest BCUT2D eigenvalue weighted by molar-refractivity contribution is 0.810. The highest BCUT2D eigenvalue weighted by Crippen LogP contribution is 2.26. The first-order chi connectivity index (χ1) is 10.2. The molecule has 5 nitrogen and oxygen atoms in total. The van der Waals surface area contributed by atoms with Gasteiger partial charge in [-0.3, -0.25) is 0 Å². The third kappa shape index (κ3) is 2.45. The summed E-state index contributed by atoms with van der Waals surface area (Å²) in [5.41, 5.74) is 9.88. The monoisotopic (exact) mass is 279 g/mol. The van der Waals surface area contributed by atoms with Crippen molar-refractivity contribution in [3.8, 4) is 16.9 Å². The molecule has 21 heavy (non-hydrogen) atoms. The van der Waals surface area contributed by atoms with E-state index in [2.05, 4.69) is 10.3 Å². The topological polar surface area (TPSA) is 60.0 Å². The van der Waals surface area contributed by atoms with Crippen LogP contribution < -0.4 is 10.6 Å². The lowest BCUT2D eigenvalue weighted by Gasteiger charge is -2.12. The average Bonchev–Trinajstić information content (AvgIpc) is 2.90. The molecule has 1 aromatic heterocycles. The second-order valence-corrected chi connectivity index (χ2v) is 5.01. The molecule has 0 bridgehead atoms. The third-order valence-electron chi connectivity index (χ3n) is 3.36. The standard InChI is InChI=1S/C16H17N5/c1-20(2)13-10-8-12(9-11-13)15-16(17)21(19-18-15)14-6-4-3-5-7-14/h3-11H,17H2,1-2H3. The Labute approximate surface area is 123 Å². The summed E-state index contributed by atoms with van der Waals surface area (Å²) in [5, 5.41) is 8.36. The van der Waals surface area contributed by atoms with Gasteiger partial charge in [-0.2, -0.15) is 4.68 Å². The predicted octanol–water partition coefficient (Wildman–Crippen LogP) is 2.58. The van der Waals surface area contributed by atoms with Gasteiger partial charge in [-0.05, 0) is 24.3 Å². The SMILES string of the molecule is CN(C)c1ccc(-c2nnn(-c3ccccc3)c2N)cc1. The van der Waals surface area contributed by atoms with Crippen LogP contribution in [0.2, 0.25) is 0 Å². The minimum Gasteiger partial charge on any atom is -0.382 e. The lowest BCUT2D eigenvalue weighted by Crippen LogP contribution is -2.08. The Morgan fingerprint density at radius 1 is 0.952 bits per heavy atom. The molecule has 2 aromatic carbocycles. The maximum absolute atomic E-state index is 6.19. The van der Waals surface area contributed by atoms with E-state index in [0.29, 0.717) is 11.5 Å². The lowest BCUT2D eigenvalue weighted by atomic mass is 10.1. The van der Waals surface area contributed by atoms with E-state index in [-0.39, 0.29) is 0 Å². The zero-order chi connectivity index (χ0) is 14.8. The highest BCUT2D eigenvalue weighted by Gasteiger charge is 2.12. The maximum Gasteiger partial charge on any atom is 0.155 e. The fourth-order valence-electron chi connectivity index (χ4n) is 2.17. The van der Waals surface area contributed by atoms with Crippen LogP contribution in [0.4, 0.5) is 11.5 Å². The van der Waals surface area contributed by atoms with Gasteiger partial charge in [0.25, 0.3) is 0 Å². The van der Waals surface area contributed by atoms with Crippen LogP contribution in [-0.4, -0.2) is 29.1 Å². The zero-order valence-corrected chi connectivity index (χ0v) is 12.1. The summed E-state index contributed by atoms with van der Waals surface area (Å²) in [5.74, 6) is 0.541. The molecule has 0 fully saturated rings. The number of nitrogens with two attached hydrogens (primary N) is 1. The summed E-state index contributed by atoms with van der Waals surface area (Å²) in [6.07, 6.45) is 0. The van der Waals surface area contributed by atoms with Gasteiger partial charge in [0.15, 0.2) is 5.82 Å². The molecule has 3 rings (SSSR count). The van der Waals surface area contributed by atoms with Crippen molar-refractivity contribution >= 4 is 11.5 Å². The molecule has 0 amide bonds. The molecule has 0 saturated heterocycles. The summed E-state index contributed by atoms with van der Waals surface area (Å²) >= 11 is 0. The smallest absolute Gasteiger partial charge is 0.155 e. The number of anilines is 2. The maximum atomic E-state index is 6.19. The van der Waals surface area contributed by atoms with Gasteiger partial charge in [0.1, 0.15) is 5.69 Å². The van der Waals surface area contributed by atoms with Crippen molar-refractivity contribution in [1.29, 1.82) is 0 Å². The third-order valence-corrected chi connectivity index (χ3v) is 3.36. The average molecular weight is 279 g/mol. The number of nitrogen functional groups attached to an aromatic ring is 1. The summed E-state index contributed by atoms with van der Waals surface area (Å²) in [6.45, 7) is 0. The molecule has 0 spiro atoms. The van der Waals surface area contributed by atoms with Crippen LogP contribution in [0.3, 0.4) is 0 Å². The van der Waals surface area contributed by atoms with Crippen molar-refractivity contribution < 1.29 is 0 Å². The molecule has 1 heterocycles. The van der Waals surface area contributed by atoms with Crippen molar-refractivity contribution in [3.63, 3.8) is 0 Å². The van der Waals surface area contributed by atoms with Crippen LogP contribution in [0.1, 0.15) is 0 Å². The Hall–Kier alpha value is -2.82. The highest BCUT2D eigenvalue weighted by molar-refractivity contribution is 5.72. The number of hydrogen-bond acceptors (Lipinski definition) is 4. The van der Waals surface area contributed by atoms with Gasteiger partial charge in [-0.1, -0.05) is 35.5 Å². The first-order valence-electron chi connectivity index (χ1n) is 6.71. The quantitative estimate of drug-likeness (QED) is 0.800. The normalized spacial score (nSPS) is 10.6. The van der Waals surface area contributed by atoms with Crippen molar-refractivity contribution in [3.05, 3.63) is 54.6 Å². The Bertz CT molecular complexity index is 729. The van der Waals surface area contributed by atoms with Crippen LogP contribution in [0, 0.1) is 0 Å². The van der Waals surface area contributed by atoms with E-state index in [1.165, 1.54) is 0 Å². The second-order valence-electron chi connectivity index (χ2n) is 5.01. The van der Waals surface area contributed by atoms with E-state index in [0.717, 1.165) is 16.9 Å². The van der Waals surface area contributed by atoms with E-state index in [1.807, 2.05) is 73.6 Å². The number of nitrogens with zero attached hydrogens (tertiary/aromatic N) is 4. The van der Waals surface area contributed by atoms with Gasteiger partial charge in [0, 0.05) is 25.3 Å². The van der Waals surface area contributed by atoms with Crippen molar-refractivity contribution in [2.75, 3.05) is 24.7 Å². The van der Waals surface area contributed by atoms with E-state index in [4.69, 9.17) is 5.73 Å². The van der Waals surface area contributed by atoms with Gasteiger partial charge in [-0.25, -0.2) is 0 Å². The molecule has 3 aromatic rings.